The maximum Gasteiger partial charge on any atom is 0.123 e. The minimum Gasteiger partial charge on any atom is -0.309 e. The summed E-state index contributed by atoms with van der Waals surface area (Å²) in [6.45, 7) is 8.34. The van der Waals surface area contributed by atoms with Gasteiger partial charge in [0.05, 0.1) is 5.69 Å². The van der Waals surface area contributed by atoms with E-state index in [2.05, 4.69) is 74.7 Å². The highest BCUT2D eigenvalue weighted by Gasteiger charge is 2.19. The van der Waals surface area contributed by atoms with E-state index in [1.165, 1.54) is 11.1 Å². The molecule has 1 heterocycles. The predicted molar refractivity (Wildman–Crippen MR) is 91.8 cm³/mol. The molecule has 0 saturated carbocycles. The lowest BCUT2D eigenvalue weighted by molar-refractivity contribution is 0.189. The third kappa shape index (κ3) is 4.37. The van der Waals surface area contributed by atoms with Crippen molar-refractivity contribution in [1.82, 2.24) is 15.2 Å². The van der Waals surface area contributed by atoms with Crippen molar-refractivity contribution in [2.45, 2.75) is 32.9 Å². The Hall–Kier alpha value is -1.23. The van der Waals surface area contributed by atoms with Crippen LogP contribution in [-0.2, 0) is 6.54 Å². The number of likely N-dealkylation sites (N-methyl/N-ethyl adjacent to an activating group) is 1. The molecule has 0 radical (unpaired) electrons. The van der Waals surface area contributed by atoms with Crippen molar-refractivity contribution in [3.63, 3.8) is 0 Å². The van der Waals surface area contributed by atoms with Crippen molar-refractivity contribution in [3.05, 3.63) is 40.9 Å². The van der Waals surface area contributed by atoms with Gasteiger partial charge in [0.2, 0.25) is 0 Å². The molecule has 1 aromatic heterocycles. The number of hydrogen-bond acceptors (Lipinski definition) is 4. The molecule has 0 bridgehead atoms. The van der Waals surface area contributed by atoms with Crippen LogP contribution >= 0.6 is 11.3 Å². The van der Waals surface area contributed by atoms with Gasteiger partial charge in [0.15, 0.2) is 0 Å². The lowest BCUT2D eigenvalue weighted by Crippen LogP contribution is -2.46. The van der Waals surface area contributed by atoms with Crippen molar-refractivity contribution in [2.24, 2.45) is 0 Å². The quantitative estimate of drug-likeness (QED) is 0.884. The predicted octanol–water partition coefficient (Wildman–Crippen LogP) is 3.55. The Labute approximate surface area is 132 Å². The van der Waals surface area contributed by atoms with Gasteiger partial charge in [-0.2, -0.15) is 0 Å². The van der Waals surface area contributed by atoms with Gasteiger partial charge in [-0.3, -0.25) is 0 Å². The first kappa shape index (κ1) is 16.1. The molecule has 0 fully saturated rings. The average molecular weight is 303 g/mol. The summed E-state index contributed by atoms with van der Waals surface area (Å²) < 4.78 is 0. The molecule has 0 atom stereocenters. The van der Waals surface area contributed by atoms with Crippen LogP contribution in [0.25, 0.3) is 10.6 Å². The van der Waals surface area contributed by atoms with Crippen molar-refractivity contribution in [3.8, 4) is 10.6 Å². The molecule has 114 valence electrons. The molecule has 0 saturated heterocycles. The Balaban J connectivity index is 1.93. The molecule has 2 rings (SSSR count). The van der Waals surface area contributed by atoms with E-state index in [0.717, 1.165) is 23.8 Å². The smallest absolute Gasteiger partial charge is 0.123 e. The molecule has 3 nitrogen and oxygen atoms in total. The summed E-state index contributed by atoms with van der Waals surface area (Å²) in [5.74, 6) is 0. The van der Waals surface area contributed by atoms with Crippen LogP contribution in [0.15, 0.2) is 29.6 Å². The van der Waals surface area contributed by atoms with E-state index in [4.69, 9.17) is 4.98 Å². The highest BCUT2D eigenvalue weighted by atomic mass is 32.1. The van der Waals surface area contributed by atoms with Crippen molar-refractivity contribution in [1.29, 1.82) is 0 Å². The molecule has 0 spiro atoms. The fraction of sp³-hybridized carbons (Fsp3) is 0.471. The molecule has 2 aromatic rings. The lowest BCUT2D eigenvalue weighted by Gasteiger charge is -2.32. The zero-order valence-electron chi connectivity index (χ0n) is 13.6. The number of thiazole rings is 1. The van der Waals surface area contributed by atoms with Crippen LogP contribution < -0.4 is 5.32 Å². The number of nitrogens with one attached hydrogen (secondary N) is 1. The molecule has 0 aliphatic rings. The second-order valence-corrected chi connectivity index (χ2v) is 7.18. The maximum atomic E-state index is 4.72. The average Bonchev–Trinajstić information content (AvgIpc) is 2.88. The zero-order chi connectivity index (χ0) is 15.5. The first-order valence-electron chi connectivity index (χ1n) is 7.28. The normalized spacial score (nSPS) is 12.1. The zero-order valence-corrected chi connectivity index (χ0v) is 14.4. The second kappa shape index (κ2) is 6.69. The topological polar surface area (TPSA) is 28.2 Å². The minimum atomic E-state index is 0.149. The monoisotopic (exact) mass is 303 g/mol. The van der Waals surface area contributed by atoms with E-state index in [-0.39, 0.29) is 5.54 Å². The Bertz CT molecular complexity index is 570. The van der Waals surface area contributed by atoms with Crippen LogP contribution in [0.5, 0.6) is 0 Å². The largest absolute Gasteiger partial charge is 0.309 e. The van der Waals surface area contributed by atoms with Crippen molar-refractivity contribution < 1.29 is 0 Å². The maximum absolute atomic E-state index is 4.72. The minimum absolute atomic E-state index is 0.149. The van der Waals surface area contributed by atoms with E-state index in [9.17, 15) is 0 Å². The number of nitrogens with zero attached hydrogens (tertiary/aromatic N) is 2. The number of aryl methyl sites for hydroxylation is 1. The van der Waals surface area contributed by atoms with Crippen molar-refractivity contribution >= 4 is 11.3 Å². The van der Waals surface area contributed by atoms with E-state index in [1.807, 2.05) is 0 Å². The van der Waals surface area contributed by atoms with E-state index >= 15 is 0 Å². The third-order valence-corrected chi connectivity index (χ3v) is 4.86. The first-order chi connectivity index (χ1) is 9.88. The molecule has 0 unspecified atom stereocenters. The van der Waals surface area contributed by atoms with Gasteiger partial charge in [-0.05, 0) is 34.9 Å². The van der Waals surface area contributed by atoms with E-state index < -0.39 is 0 Å². The van der Waals surface area contributed by atoms with Gasteiger partial charge in [-0.25, -0.2) is 4.98 Å². The SMILES string of the molecule is Cc1ccc(-c2nc(CNCC(C)(C)N(C)C)cs2)cc1. The van der Waals surface area contributed by atoms with Crippen LogP contribution in [0, 0.1) is 6.92 Å². The van der Waals surface area contributed by atoms with Gasteiger partial charge in [0, 0.05) is 29.6 Å². The molecule has 4 heteroatoms. The van der Waals surface area contributed by atoms with Gasteiger partial charge >= 0.3 is 0 Å². The Kier molecular flexibility index (Phi) is 5.14. The Morgan fingerprint density at radius 1 is 1.19 bits per heavy atom. The van der Waals surface area contributed by atoms with Crippen LogP contribution in [-0.4, -0.2) is 36.1 Å². The number of hydrogen-bond donors (Lipinski definition) is 1. The fourth-order valence-electron chi connectivity index (χ4n) is 1.87. The summed E-state index contributed by atoms with van der Waals surface area (Å²) in [6, 6.07) is 8.55. The Morgan fingerprint density at radius 3 is 2.48 bits per heavy atom. The fourth-order valence-corrected chi connectivity index (χ4v) is 2.70. The van der Waals surface area contributed by atoms with E-state index in [1.54, 1.807) is 11.3 Å². The number of benzene rings is 1. The standard InChI is InChI=1S/C17H25N3S/c1-13-6-8-14(9-7-13)16-19-15(11-21-16)10-18-12-17(2,3)20(4)5/h6-9,11,18H,10,12H2,1-5H3. The van der Waals surface area contributed by atoms with Gasteiger partial charge in [0.1, 0.15) is 5.01 Å². The molecule has 0 aliphatic carbocycles. The van der Waals surface area contributed by atoms with Crippen LogP contribution in [0.3, 0.4) is 0 Å². The third-order valence-electron chi connectivity index (χ3n) is 3.92. The van der Waals surface area contributed by atoms with Crippen LogP contribution in [0.2, 0.25) is 0 Å². The van der Waals surface area contributed by atoms with Gasteiger partial charge in [-0.1, -0.05) is 29.8 Å². The molecular weight excluding hydrogens is 278 g/mol. The molecule has 1 aromatic carbocycles. The summed E-state index contributed by atoms with van der Waals surface area (Å²) in [4.78, 5) is 6.95. The second-order valence-electron chi connectivity index (χ2n) is 6.32. The summed E-state index contributed by atoms with van der Waals surface area (Å²) in [5.41, 5.74) is 3.74. The highest BCUT2D eigenvalue weighted by Crippen LogP contribution is 2.24. The number of aromatic nitrogens is 1. The molecule has 0 aliphatic heterocycles. The van der Waals surface area contributed by atoms with Gasteiger partial charge in [-0.15, -0.1) is 11.3 Å². The summed E-state index contributed by atoms with van der Waals surface area (Å²) in [7, 11) is 4.22. The molecular formula is C17H25N3S. The van der Waals surface area contributed by atoms with E-state index in [0.29, 0.717) is 0 Å². The molecule has 1 N–H and O–H groups in total. The summed E-state index contributed by atoms with van der Waals surface area (Å²) >= 11 is 1.71. The van der Waals surface area contributed by atoms with Crippen LogP contribution in [0.4, 0.5) is 0 Å². The Morgan fingerprint density at radius 2 is 1.86 bits per heavy atom. The summed E-state index contributed by atoms with van der Waals surface area (Å²) in [5, 5.41) is 6.74. The lowest BCUT2D eigenvalue weighted by atomic mass is 10.0. The number of rotatable bonds is 6. The summed E-state index contributed by atoms with van der Waals surface area (Å²) in [6.07, 6.45) is 0. The van der Waals surface area contributed by atoms with Crippen molar-refractivity contribution in [2.75, 3.05) is 20.6 Å². The molecule has 21 heavy (non-hydrogen) atoms. The van der Waals surface area contributed by atoms with Gasteiger partial charge in [0.25, 0.3) is 0 Å². The van der Waals surface area contributed by atoms with Crippen LogP contribution in [0.1, 0.15) is 25.1 Å². The highest BCUT2D eigenvalue weighted by molar-refractivity contribution is 7.13. The molecule has 0 amide bonds. The van der Waals surface area contributed by atoms with Gasteiger partial charge < -0.3 is 10.2 Å². The first-order valence-corrected chi connectivity index (χ1v) is 8.16.